The summed E-state index contributed by atoms with van der Waals surface area (Å²) in [6.07, 6.45) is 2.23. The van der Waals surface area contributed by atoms with Crippen LogP contribution >= 0.6 is 23.2 Å². The molecule has 0 aliphatic heterocycles. The second kappa shape index (κ2) is 9.40. The van der Waals surface area contributed by atoms with E-state index >= 15 is 0 Å². The molecule has 0 bridgehead atoms. The summed E-state index contributed by atoms with van der Waals surface area (Å²) >= 11 is 12.3. The quantitative estimate of drug-likeness (QED) is 0.542. The van der Waals surface area contributed by atoms with E-state index in [0.29, 0.717) is 16.5 Å². The number of esters is 1. The van der Waals surface area contributed by atoms with Crippen molar-refractivity contribution in [2.45, 2.75) is 50.5 Å². The summed E-state index contributed by atoms with van der Waals surface area (Å²) in [5, 5.41) is 4.21. The zero-order chi connectivity index (χ0) is 21.9. The van der Waals surface area contributed by atoms with E-state index in [1.807, 2.05) is 50.2 Å². The maximum absolute atomic E-state index is 13.6. The highest BCUT2D eigenvalue weighted by Crippen LogP contribution is 2.58. The molecule has 0 spiro atoms. The molecule has 1 amide bonds. The Morgan fingerprint density at radius 2 is 1.73 bits per heavy atom. The van der Waals surface area contributed by atoms with Crippen molar-refractivity contribution in [1.29, 1.82) is 0 Å². The summed E-state index contributed by atoms with van der Waals surface area (Å²) in [6.45, 7) is 4.01. The molecule has 3 rings (SSSR count). The summed E-state index contributed by atoms with van der Waals surface area (Å²) in [7, 11) is 1.34. The van der Waals surface area contributed by atoms with Crippen LogP contribution in [0.25, 0.3) is 0 Å². The van der Waals surface area contributed by atoms with Crippen LogP contribution in [0, 0.1) is 5.92 Å². The highest BCUT2D eigenvalue weighted by atomic mass is 35.5. The van der Waals surface area contributed by atoms with Crippen molar-refractivity contribution < 1.29 is 14.3 Å². The van der Waals surface area contributed by atoms with Crippen LogP contribution in [-0.4, -0.2) is 25.0 Å². The van der Waals surface area contributed by atoms with Gasteiger partial charge in [-0.2, -0.15) is 0 Å². The number of carbonyl (C=O) groups is 2. The monoisotopic (exact) mass is 447 g/mol. The van der Waals surface area contributed by atoms with Crippen molar-refractivity contribution in [2.24, 2.45) is 5.92 Å². The molecule has 6 heteroatoms. The van der Waals surface area contributed by atoms with Gasteiger partial charge < -0.3 is 10.1 Å². The van der Waals surface area contributed by atoms with Gasteiger partial charge in [-0.15, -0.1) is 0 Å². The number of halogens is 2. The van der Waals surface area contributed by atoms with Crippen molar-refractivity contribution in [3.05, 3.63) is 69.7 Å². The van der Waals surface area contributed by atoms with E-state index in [2.05, 4.69) is 5.32 Å². The average Bonchev–Trinajstić information content (AvgIpc) is 3.50. The van der Waals surface area contributed by atoms with Gasteiger partial charge in [0.25, 0.3) is 0 Å². The van der Waals surface area contributed by atoms with Crippen molar-refractivity contribution >= 4 is 35.1 Å². The van der Waals surface area contributed by atoms with Crippen LogP contribution in [0.4, 0.5) is 0 Å². The van der Waals surface area contributed by atoms with E-state index in [0.717, 1.165) is 24.0 Å². The Labute approximate surface area is 187 Å². The summed E-state index contributed by atoms with van der Waals surface area (Å²) in [4.78, 5) is 25.9. The number of carbonyl (C=O) groups excluding carboxylic acids is 2. The van der Waals surface area contributed by atoms with Gasteiger partial charge in [0.05, 0.1) is 13.0 Å². The van der Waals surface area contributed by atoms with Gasteiger partial charge in [-0.3, -0.25) is 4.79 Å². The number of methoxy groups -OCH3 is 1. The van der Waals surface area contributed by atoms with Gasteiger partial charge in [-0.25, -0.2) is 4.79 Å². The minimum absolute atomic E-state index is 0.189. The van der Waals surface area contributed by atoms with Crippen LogP contribution in [0.5, 0.6) is 0 Å². The molecule has 0 heterocycles. The van der Waals surface area contributed by atoms with Crippen LogP contribution in [0.15, 0.2) is 48.5 Å². The maximum Gasteiger partial charge on any atom is 0.328 e. The lowest BCUT2D eigenvalue weighted by Crippen LogP contribution is -2.46. The molecule has 4 nitrogen and oxygen atoms in total. The van der Waals surface area contributed by atoms with Crippen molar-refractivity contribution in [2.75, 3.05) is 7.11 Å². The van der Waals surface area contributed by atoms with E-state index in [1.165, 1.54) is 7.11 Å². The largest absolute Gasteiger partial charge is 0.467 e. The van der Waals surface area contributed by atoms with Gasteiger partial charge in [0, 0.05) is 15.5 Å². The van der Waals surface area contributed by atoms with E-state index in [1.54, 1.807) is 12.1 Å². The second-order valence-electron chi connectivity index (χ2n) is 8.36. The third-order valence-electron chi connectivity index (χ3n) is 5.72. The van der Waals surface area contributed by atoms with Crippen LogP contribution in [0.3, 0.4) is 0 Å². The molecule has 2 aromatic rings. The van der Waals surface area contributed by atoms with Crippen LogP contribution in [0.2, 0.25) is 10.0 Å². The molecule has 160 valence electrons. The highest BCUT2D eigenvalue weighted by molar-refractivity contribution is 6.30. The first-order chi connectivity index (χ1) is 14.3. The fourth-order valence-corrected chi connectivity index (χ4v) is 4.45. The minimum Gasteiger partial charge on any atom is -0.467 e. The zero-order valence-corrected chi connectivity index (χ0v) is 19.0. The number of hydrogen-bond donors (Lipinski definition) is 1. The van der Waals surface area contributed by atoms with Gasteiger partial charge in [-0.05, 0) is 60.6 Å². The minimum atomic E-state index is -0.688. The Morgan fingerprint density at radius 1 is 1.07 bits per heavy atom. The van der Waals surface area contributed by atoms with Crippen molar-refractivity contribution in [1.82, 2.24) is 5.32 Å². The smallest absolute Gasteiger partial charge is 0.328 e. The number of nitrogens with one attached hydrogen (secondary N) is 1. The molecular weight excluding hydrogens is 421 g/mol. The molecule has 0 radical (unpaired) electrons. The van der Waals surface area contributed by atoms with Crippen LogP contribution in [-0.2, 0) is 19.7 Å². The fraction of sp³-hybridized carbons (Fsp3) is 0.417. The first-order valence-corrected chi connectivity index (χ1v) is 10.9. The van der Waals surface area contributed by atoms with Crippen LogP contribution in [0.1, 0.15) is 50.2 Å². The SMILES string of the molecule is COC(=O)[C@H](CC(C)C)NC(=O)C(c1ccc(Cl)cc1)C1(c2cccc(Cl)c2)CC1. The predicted octanol–water partition coefficient (Wildman–Crippen LogP) is 5.51. The Balaban J connectivity index is 1.99. The third-order valence-corrected chi connectivity index (χ3v) is 6.20. The first-order valence-electron chi connectivity index (χ1n) is 10.2. The summed E-state index contributed by atoms with van der Waals surface area (Å²) < 4.78 is 4.93. The average molecular weight is 448 g/mol. The Morgan fingerprint density at radius 3 is 2.27 bits per heavy atom. The molecule has 1 saturated carbocycles. The van der Waals surface area contributed by atoms with E-state index in [4.69, 9.17) is 27.9 Å². The molecule has 30 heavy (non-hydrogen) atoms. The number of benzene rings is 2. The van der Waals surface area contributed by atoms with Crippen molar-refractivity contribution in [3.63, 3.8) is 0 Å². The fourth-order valence-electron chi connectivity index (χ4n) is 4.14. The topological polar surface area (TPSA) is 55.4 Å². The number of amides is 1. The van der Waals surface area contributed by atoms with Gasteiger partial charge >= 0.3 is 5.97 Å². The summed E-state index contributed by atoms with van der Waals surface area (Å²) in [5.41, 5.74) is 1.53. The van der Waals surface area contributed by atoms with Crippen molar-refractivity contribution in [3.8, 4) is 0 Å². The third kappa shape index (κ3) is 4.98. The maximum atomic E-state index is 13.6. The molecule has 2 aromatic carbocycles. The number of rotatable bonds is 8. The lowest BCUT2D eigenvalue weighted by Gasteiger charge is -2.29. The van der Waals surface area contributed by atoms with Gasteiger partial charge in [0.15, 0.2) is 0 Å². The second-order valence-corrected chi connectivity index (χ2v) is 9.24. The van der Waals surface area contributed by atoms with E-state index in [-0.39, 0.29) is 17.2 Å². The van der Waals surface area contributed by atoms with Gasteiger partial charge in [0.2, 0.25) is 5.91 Å². The molecule has 0 aromatic heterocycles. The zero-order valence-electron chi connectivity index (χ0n) is 17.5. The molecule has 2 atom stereocenters. The number of hydrogen-bond acceptors (Lipinski definition) is 3. The molecule has 1 aliphatic rings. The Kier molecular flexibility index (Phi) is 7.10. The molecule has 1 fully saturated rings. The summed E-state index contributed by atoms with van der Waals surface area (Å²) in [6, 6.07) is 14.3. The number of ether oxygens (including phenoxy) is 1. The van der Waals surface area contributed by atoms with Crippen LogP contribution < -0.4 is 5.32 Å². The highest BCUT2D eigenvalue weighted by Gasteiger charge is 2.54. The van der Waals surface area contributed by atoms with E-state index in [9.17, 15) is 9.59 Å². The lowest BCUT2D eigenvalue weighted by molar-refractivity contribution is -0.145. The normalized spacial score (nSPS) is 16.6. The Hall–Kier alpha value is -2.04. The predicted molar refractivity (Wildman–Crippen MR) is 120 cm³/mol. The van der Waals surface area contributed by atoms with Gasteiger partial charge in [0.1, 0.15) is 6.04 Å². The molecule has 1 aliphatic carbocycles. The summed E-state index contributed by atoms with van der Waals surface area (Å²) in [5.74, 6) is -0.857. The van der Waals surface area contributed by atoms with E-state index < -0.39 is 17.9 Å². The van der Waals surface area contributed by atoms with Gasteiger partial charge in [-0.1, -0.05) is 61.3 Å². The first kappa shape index (κ1) is 22.6. The Bertz CT molecular complexity index is 907. The molecule has 0 saturated heterocycles. The molecule has 1 N–H and O–H groups in total. The standard InChI is InChI=1S/C24H27Cl2NO3/c1-15(2)13-20(23(29)30-3)27-22(28)21(16-7-9-18(25)10-8-16)24(11-12-24)17-5-4-6-19(26)14-17/h4-10,14-15,20-21H,11-13H2,1-3H3,(H,27,28)/t20-,21?/m0/s1. The molecule has 1 unspecified atom stereocenters. The lowest BCUT2D eigenvalue weighted by atomic mass is 9.77. The molecular formula is C24H27Cl2NO3.